The summed E-state index contributed by atoms with van der Waals surface area (Å²) in [7, 11) is 1.28. The smallest absolute Gasteiger partial charge is 0.328 e. The predicted molar refractivity (Wildman–Crippen MR) is 77.0 cm³/mol. The van der Waals surface area contributed by atoms with E-state index in [1.54, 1.807) is 0 Å². The molecule has 5 nitrogen and oxygen atoms in total. The van der Waals surface area contributed by atoms with Crippen LogP contribution in [0.25, 0.3) is 0 Å². The van der Waals surface area contributed by atoms with Gasteiger partial charge < -0.3 is 10.1 Å². The van der Waals surface area contributed by atoms with Crippen molar-refractivity contribution in [1.29, 1.82) is 0 Å². The van der Waals surface area contributed by atoms with E-state index in [-0.39, 0.29) is 21.7 Å². The highest BCUT2D eigenvalue weighted by atomic mass is 35.5. The summed E-state index contributed by atoms with van der Waals surface area (Å²) in [6, 6.07) is 0.684. The Balaban J connectivity index is 2.90. The highest BCUT2D eigenvalue weighted by Crippen LogP contribution is 2.20. The number of hydrogen-bond acceptors (Lipinski definition) is 4. The zero-order valence-electron chi connectivity index (χ0n) is 11.4. The fourth-order valence-corrected chi connectivity index (χ4v) is 1.84. The van der Waals surface area contributed by atoms with Crippen LogP contribution >= 0.6 is 23.2 Å². The molecule has 0 bridgehead atoms. The Morgan fingerprint density at radius 1 is 1.45 bits per heavy atom. The van der Waals surface area contributed by atoms with Crippen molar-refractivity contribution in [1.82, 2.24) is 10.3 Å². The number of esters is 1. The Hall–Kier alpha value is -1.33. The molecule has 1 rings (SSSR count). The molecule has 0 radical (unpaired) electrons. The van der Waals surface area contributed by atoms with Gasteiger partial charge in [0.2, 0.25) is 0 Å². The van der Waals surface area contributed by atoms with E-state index in [1.807, 2.05) is 13.8 Å². The topological polar surface area (TPSA) is 68.3 Å². The molecule has 2 atom stereocenters. The van der Waals surface area contributed by atoms with E-state index in [0.29, 0.717) is 0 Å². The first kappa shape index (κ1) is 16.7. The molecule has 0 aliphatic heterocycles. The summed E-state index contributed by atoms with van der Waals surface area (Å²) in [6.07, 6.45) is 2.02. The van der Waals surface area contributed by atoms with Crippen LogP contribution in [0.15, 0.2) is 12.3 Å². The van der Waals surface area contributed by atoms with Crippen LogP contribution in [-0.2, 0) is 9.53 Å². The zero-order chi connectivity index (χ0) is 15.3. The Bertz CT molecular complexity index is 508. The quantitative estimate of drug-likeness (QED) is 0.669. The number of carbonyl (C=O) groups excluding carboxylic acids is 2. The molecule has 0 aliphatic carbocycles. The SMILES string of the molecule is CCC(C)C(NC(=O)c1cnc(Cl)c(Cl)c1)C(=O)OC. The maximum atomic E-state index is 12.1. The van der Waals surface area contributed by atoms with Crippen LogP contribution in [0.1, 0.15) is 30.6 Å². The van der Waals surface area contributed by atoms with Crippen molar-refractivity contribution in [2.45, 2.75) is 26.3 Å². The highest BCUT2D eigenvalue weighted by Gasteiger charge is 2.27. The molecule has 0 saturated heterocycles. The number of amides is 1. The van der Waals surface area contributed by atoms with Gasteiger partial charge in [-0.25, -0.2) is 9.78 Å². The van der Waals surface area contributed by atoms with Crippen molar-refractivity contribution in [3.8, 4) is 0 Å². The normalized spacial score (nSPS) is 13.4. The van der Waals surface area contributed by atoms with Crippen LogP contribution in [0.4, 0.5) is 0 Å². The zero-order valence-corrected chi connectivity index (χ0v) is 13.0. The third kappa shape index (κ3) is 4.08. The molecule has 1 amide bonds. The number of nitrogens with zero attached hydrogens (tertiary/aromatic N) is 1. The molecule has 7 heteroatoms. The van der Waals surface area contributed by atoms with Gasteiger partial charge in [0.05, 0.1) is 17.7 Å². The fourth-order valence-electron chi connectivity index (χ4n) is 1.57. The second-order valence-corrected chi connectivity index (χ2v) is 5.12. The first-order chi connectivity index (χ1) is 9.40. The Morgan fingerprint density at radius 2 is 2.10 bits per heavy atom. The number of hydrogen-bond donors (Lipinski definition) is 1. The molecule has 0 aromatic carbocycles. The van der Waals surface area contributed by atoms with Gasteiger partial charge in [0.1, 0.15) is 11.2 Å². The van der Waals surface area contributed by atoms with E-state index in [1.165, 1.54) is 19.4 Å². The first-order valence-corrected chi connectivity index (χ1v) is 6.86. The highest BCUT2D eigenvalue weighted by molar-refractivity contribution is 6.41. The lowest BCUT2D eigenvalue weighted by Crippen LogP contribution is -2.45. The molecule has 2 unspecified atom stereocenters. The van der Waals surface area contributed by atoms with Crippen LogP contribution < -0.4 is 5.32 Å². The number of methoxy groups -OCH3 is 1. The monoisotopic (exact) mass is 318 g/mol. The minimum Gasteiger partial charge on any atom is -0.467 e. The van der Waals surface area contributed by atoms with Gasteiger partial charge in [0.15, 0.2) is 0 Å². The molecule has 1 N–H and O–H groups in total. The molecule has 110 valence electrons. The number of rotatable bonds is 5. The summed E-state index contributed by atoms with van der Waals surface area (Å²) >= 11 is 11.5. The van der Waals surface area contributed by atoms with Gasteiger partial charge in [-0.1, -0.05) is 43.5 Å². The van der Waals surface area contributed by atoms with Gasteiger partial charge in [-0.15, -0.1) is 0 Å². The summed E-state index contributed by atoms with van der Waals surface area (Å²) in [5, 5.41) is 2.92. The Morgan fingerprint density at radius 3 is 2.60 bits per heavy atom. The molecule has 1 heterocycles. The lowest BCUT2D eigenvalue weighted by Gasteiger charge is -2.21. The molecular formula is C13H16Cl2N2O3. The number of ether oxygens (including phenoxy) is 1. The van der Waals surface area contributed by atoms with Gasteiger partial charge in [-0.2, -0.15) is 0 Å². The number of pyridine rings is 1. The summed E-state index contributed by atoms with van der Waals surface area (Å²) < 4.78 is 4.70. The number of halogens is 2. The lowest BCUT2D eigenvalue weighted by atomic mass is 9.99. The van der Waals surface area contributed by atoms with E-state index >= 15 is 0 Å². The van der Waals surface area contributed by atoms with Gasteiger partial charge in [-0.05, 0) is 12.0 Å². The summed E-state index contributed by atoms with van der Waals surface area (Å²) in [4.78, 5) is 27.6. The van der Waals surface area contributed by atoms with Gasteiger partial charge in [-0.3, -0.25) is 4.79 Å². The molecule has 0 fully saturated rings. The average Bonchev–Trinajstić information content (AvgIpc) is 2.45. The van der Waals surface area contributed by atoms with E-state index in [2.05, 4.69) is 10.3 Å². The minimum atomic E-state index is -0.716. The Labute approximate surface area is 127 Å². The standard InChI is InChI=1S/C13H16Cl2N2O3/c1-4-7(2)10(13(19)20-3)17-12(18)8-5-9(14)11(15)16-6-8/h5-7,10H,4H2,1-3H3,(H,17,18). The van der Waals surface area contributed by atoms with Crippen molar-refractivity contribution < 1.29 is 14.3 Å². The second kappa shape index (κ2) is 7.45. The third-order valence-electron chi connectivity index (χ3n) is 3.01. The van der Waals surface area contributed by atoms with Crippen LogP contribution in [0, 0.1) is 5.92 Å². The van der Waals surface area contributed by atoms with E-state index in [4.69, 9.17) is 27.9 Å². The van der Waals surface area contributed by atoms with Gasteiger partial charge in [0, 0.05) is 6.20 Å². The van der Waals surface area contributed by atoms with E-state index in [9.17, 15) is 9.59 Å². The maximum Gasteiger partial charge on any atom is 0.328 e. The van der Waals surface area contributed by atoms with Crippen LogP contribution in [0.5, 0.6) is 0 Å². The van der Waals surface area contributed by atoms with Crippen molar-refractivity contribution in [2.24, 2.45) is 5.92 Å². The maximum absolute atomic E-state index is 12.1. The molecule has 0 saturated carbocycles. The minimum absolute atomic E-state index is 0.0536. The molecular weight excluding hydrogens is 303 g/mol. The molecule has 1 aromatic heterocycles. The fraction of sp³-hybridized carbons (Fsp3) is 0.462. The molecule has 20 heavy (non-hydrogen) atoms. The van der Waals surface area contributed by atoms with Gasteiger partial charge >= 0.3 is 5.97 Å². The van der Waals surface area contributed by atoms with Crippen molar-refractivity contribution >= 4 is 35.1 Å². The summed E-state index contributed by atoms with van der Waals surface area (Å²) in [6.45, 7) is 3.78. The number of carbonyl (C=O) groups is 2. The van der Waals surface area contributed by atoms with Crippen molar-refractivity contribution in [2.75, 3.05) is 7.11 Å². The largest absolute Gasteiger partial charge is 0.467 e. The first-order valence-electron chi connectivity index (χ1n) is 6.10. The third-order valence-corrected chi connectivity index (χ3v) is 3.70. The lowest BCUT2D eigenvalue weighted by molar-refractivity contribution is -0.144. The van der Waals surface area contributed by atoms with E-state index in [0.717, 1.165) is 6.42 Å². The summed E-state index contributed by atoms with van der Waals surface area (Å²) in [5.74, 6) is -0.991. The molecule has 0 spiro atoms. The van der Waals surface area contributed by atoms with Crippen LogP contribution in [-0.4, -0.2) is 30.0 Å². The second-order valence-electron chi connectivity index (χ2n) is 4.36. The van der Waals surface area contributed by atoms with Crippen LogP contribution in [0.3, 0.4) is 0 Å². The van der Waals surface area contributed by atoms with E-state index < -0.39 is 17.9 Å². The van der Waals surface area contributed by atoms with Crippen molar-refractivity contribution in [3.63, 3.8) is 0 Å². The van der Waals surface area contributed by atoms with Crippen molar-refractivity contribution in [3.05, 3.63) is 28.0 Å². The van der Waals surface area contributed by atoms with Crippen LogP contribution in [0.2, 0.25) is 10.2 Å². The molecule has 1 aromatic rings. The predicted octanol–water partition coefficient (Wildman–Crippen LogP) is 2.71. The molecule has 0 aliphatic rings. The number of aromatic nitrogens is 1. The average molecular weight is 319 g/mol. The Kier molecular flexibility index (Phi) is 6.23. The number of nitrogens with one attached hydrogen (secondary N) is 1. The van der Waals surface area contributed by atoms with Gasteiger partial charge in [0.25, 0.3) is 5.91 Å². The summed E-state index contributed by atoms with van der Waals surface area (Å²) in [5.41, 5.74) is 0.233.